The summed E-state index contributed by atoms with van der Waals surface area (Å²) >= 11 is 5.96. The molecule has 1 heterocycles. The largest absolute Gasteiger partial charge is 0.325 e. The van der Waals surface area contributed by atoms with Crippen LogP contribution >= 0.6 is 11.6 Å². The molecule has 9 heteroatoms. The third-order valence-corrected chi connectivity index (χ3v) is 7.19. The van der Waals surface area contributed by atoms with Crippen LogP contribution in [0, 0.1) is 6.92 Å². The maximum absolute atomic E-state index is 13.0. The SMILES string of the molecule is CC(=O)N1c2ccc(S(=O)(=O)N(C)CC(=O)Nc3cc(Cl)ccc3C)cc2C[C@H]1C. The molecule has 0 fully saturated rings. The molecule has 2 aromatic carbocycles. The highest BCUT2D eigenvalue weighted by molar-refractivity contribution is 7.89. The minimum atomic E-state index is -3.88. The number of hydrogen-bond donors (Lipinski definition) is 1. The van der Waals surface area contributed by atoms with Gasteiger partial charge in [-0.15, -0.1) is 0 Å². The lowest BCUT2D eigenvalue weighted by Gasteiger charge is -2.21. The normalized spacial score (nSPS) is 15.9. The number of nitrogens with zero attached hydrogens (tertiary/aromatic N) is 2. The third-order valence-electron chi connectivity index (χ3n) is 5.15. The van der Waals surface area contributed by atoms with Crippen molar-refractivity contribution >= 4 is 44.8 Å². The van der Waals surface area contributed by atoms with Crippen molar-refractivity contribution in [2.45, 2.75) is 38.1 Å². The molecule has 0 aromatic heterocycles. The number of carbonyl (C=O) groups is 2. The molecule has 1 atom stereocenters. The van der Waals surface area contributed by atoms with Crippen molar-refractivity contribution in [1.29, 1.82) is 0 Å². The van der Waals surface area contributed by atoms with Gasteiger partial charge in [-0.25, -0.2) is 8.42 Å². The van der Waals surface area contributed by atoms with Crippen molar-refractivity contribution < 1.29 is 18.0 Å². The number of anilines is 2. The summed E-state index contributed by atoms with van der Waals surface area (Å²) in [5.74, 6) is -0.550. The number of hydrogen-bond acceptors (Lipinski definition) is 4. The maximum atomic E-state index is 13.0. The van der Waals surface area contributed by atoms with E-state index in [0.29, 0.717) is 17.1 Å². The Morgan fingerprint density at radius 3 is 2.60 bits per heavy atom. The fourth-order valence-corrected chi connectivity index (χ4v) is 4.98. The summed E-state index contributed by atoms with van der Waals surface area (Å²) in [6.45, 7) is 4.89. The van der Waals surface area contributed by atoms with Crippen molar-refractivity contribution in [1.82, 2.24) is 4.31 Å². The number of nitrogens with one attached hydrogen (secondary N) is 1. The van der Waals surface area contributed by atoms with Gasteiger partial charge in [0, 0.05) is 36.4 Å². The topological polar surface area (TPSA) is 86.8 Å². The highest BCUT2D eigenvalue weighted by Gasteiger charge is 2.31. The number of halogens is 1. The number of sulfonamides is 1. The molecule has 0 aliphatic carbocycles. The van der Waals surface area contributed by atoms with Gasteiger partial charge >= 0.3 is 0 Å². The molecule has 7 nitrogen and oxygen atoms in total. The Bertz CT molecular complexity index is 1120. The van der Waals surface area contributed by atoms with Gasteiger partial charge in [0.15, 0.2) is 0 Å². The molecule has 0 spiro atoms. The molecular formula is C21H24ClN3O4S. The van der Waals surface area contributed by atoms with E-state index in [-0.39, 0.29) is 23.4 Å². The van der Waals surface area contributed by atoms with Crippen molar-refractivity contribution in [3.8, 4) is 0 Å². The molecule has 1 aliphatic heterocycles. The number of aryl methyl sites for hydroxylation is 1. The summed E-state index contributed by atoms with van der Waals surface area (Å²) in [4.78, 5) is 26.0. The second-order valence-corrected chi connectivity index (χ2v) is 9.98. The molecule has 0 saturated carbocycles. The van der Waals surface area contributed by atoms with E-state index in [0.717, 1.165) is 21.1 Å². The smallest absolute Gasteiger partial charge is 0.243 e. The quantitative estimate of drug-likeness (QED) is 0.759. The van der Waals surface area contributed by atoms with Crippen LogP contribution in [0.4, 0.5) is 11.4 Å². The van der Waals surface area contributed by atoms with Crippen molar-refractivity contribution in [2.75, 3.05) is 23.8 Å². The van der Waals surface area contributed by atoms with E-state index in [2.05, 4.69) is 5.32 Å². The zero-order valence-electron chi connectivity index (χ0n) is 17.3. The standard InChI is InChI=1S/C21H24ClN3O4S/c1-13-5-6-17(22)11-19(13)23-21(27)12-24(4)30(28,29)18-7-8-20-16(10-18)9-14(2)25(20)15(3)26/h5-8,10-11,14H,9,12H2,1-4H3,(H,23,27)/t14-/m1/s1. The molecule has 3 rings (SSSR count). The highest BCUT2D eigenvalue weighted by Crippen LogP contribution is 2.34. The molecule has 160 valence electrons. The first-order valence-electron chi connectivity index (χ1n) is 9.45. The van der Waals surface area contributed by atoms with E-state index in [1.807, 2.05) is 13.8 Å². The zero-order valence-corrected chi connectivity index (χ0v) is 18.8. The average Bonchev–Trinajstić information content (AvgIpc) is 2.99. The Kier molecular flexibility index (Phi) is 6.21. The van der Waals surface area contributed by atoms with Gasteiger partial charge in [-0.1, -0.05) is 17.7 Å². The van der Waals surface area contributed by atoms with Crippen molar-refractivity contribution in [3.05, 3.63) is 52.5 Å². The van der Waals surface area contributed by atoms with Gasteiger partial charge in [-0.05, 0) is 61.7 Å². The van der Waals surface area contributed by atoms with Gasteiger partial charge in [-0.2, -0.15) is 4.31 Å². The van der Waals surface area contributed by atoms with E-state index in [1.165, 1.54) is 20.0 Å². The molecule has 0 radical (unpaired) electrons. The van der Waals surface area contributed by atoms with Crippen LogP contribution in [0.25, 0.3) is 0 Å². The predicted octanol–water partition coefficient (Wildman–Crippen LogP) is 3.21. The number of carbonyl (C=O) groups excluding carboxylic acids is 2. The van der Waals surface area contributed by atoms with E-state index in [4.69, 9.17) is 11.6 Å². The lowest BCUT2D eigenvalue weighted by Crippen LogP contribution is -2.35. The maximum Gasteiger partial charge on any atom is 0.243 e. The minimum Gasteiger partial charge on any atom is -0.325 e. The van der Waals surface area contributed by atoms with Gasteiger partial charge in [0.05, 0.1) is 11.4 Å². The number of likely N-dealkylation sites (N-methyl/N-ethyl adjacent to an activating group) is 1. The van der Waals surface area contributed by atoms with E-state index >= 15 is 0 Å². The zero-order chi connectivity index (χ0) is 22.2. The predicted molar refractivity (Wildman–Crippen MR) is 117 cm³/mol. The van der Waals surface area contributed by atoms with E-state index in [9.17, 15) is 18.0 Å². The molecule has 2 amide bonds. The third kappa shape index (κ3) is 4.35. The van der Waals surface area contributed by atoms with Gasteiger partial charge < -0.3 is 10.2 Å². The number of rotatable bonds is 5. The molecule has 0 bridgehead atoms. The average molecular weight is 450 g/mol. The molecular weight excluding hydrogens is 426 g/mol. The molecule has 0 unspecified atom stereocenters. The van der Waals surface area contributed by atoms with Crippen LogP contribution in [0.15, 0.2) is 41.3 Å². The van der Waals surface area contributed by atoms with Gasteiger partial charge in [0.1, 0.15) is 0 Å². The fraction of sp³-hybridized carbons (Fsp3) is 0.333. The Hall–Kier alpha value is -2.42. The van der Waals surface area contributed by atoms with Crippen LogP contribution in [0.5, 0.6) is 0 Å². The Labute approximate surface area is 181 Å². The lowest BCUT2D eigenvalue weighted by molar-refractivity contribution is -0.117. The number of fused-ring (bicyclic) bond motifs is 1. The Morgan fingerprint density at radius 2 is 1.93 bits per heavy atom. The van der Waals surface area contributed by atoms with Gasteiger partial charge in [0.2, 0.25) is 21.8 Å². The summed E-state index contributed by atoms with van der Waals surface area (Å²) in [5.41, 5.74) is 2.88. The first-order chi connectivity index (χ1) is 14.0. The van der Waals surface area contributed by atoms with Crippen LogP contribution < -0.4 is 10.2 Å². The van der Waals surface area contributed by atoms with E-state index < -0.39 is 15.9 Å². The fourth-order valence-electron chi connectivity index (χ4n) is 3.63. The summed E-state index contributed by atoms with van der Waals surface area (Å²) in [6, 6.07) is 9.78. The van der Waals surface area contributed by atoms with E-state index in [1.54, 1.807) is 35.2 Å². The van der Waals surface area contributed by atoms with Crippen molar-refractivity contribution in [3.63, 3.8) is 0 Å². The number of amides is 2. The molecule has 1 N–H and O–H groups in total. The highest BCUT2D eigenvalue weighted by atomic mass is 35.5. The Balaban J connectivity index is 1.77. The minimum absolute atomic E-state index is 0.0279. The lowest BCUT2D eigenvalue weighted by atomic mass is 10.1. The number of benzene rings is 2. The summed E-state index contributed by atoms with van der Waals surface area (Å²) < 4.78 is 27.0. The second kappa shape index (κ2) is 8.37. The second-order valence-electron chi connectivity index (χ2n) is 7.50. The van der Waals surface area contributed by atoms with Gasteiger partial charge in [-0.3, -0.25) is 9.59 Å². The van der Waals surface area contributed by atoms with Crippen LogP contribution in [0.2, 0.25) is 5.02 Å². The summed E-state index contributed by atoms with van der Waals surface area (Å²) in [6.07, 6.45) is 0.580. The van der Waals surface area contributed by atoms with Crippen LogP contribution in [0.3, 0.4) is 0 Å². The van der Waals surface area contributed by atoms with Gasteiger partial charge in [0.25, 0.3) is 0 Å². The first kappa shape index (κ1) is 22.3. The molecule has 0 saturated heterocycles. The van der Waals surface area contributed by atoms with Crippen LogP contribution in [-0.2, 0) is 26.0 Å². The first-order valence-corrected chi connectivity index (χ1v) is 11.3. The molecule has 1 aliphatic rings. The van der Waals surface area contributed by atoms with Crippen LogP contribution in [0.1, 0.15) is 25.0 Å². The van der Waals surface area contributed by atoms with Crippen LogP contribution in [-0.4, -0.2) is 44.2 Å². The molecule has 2 aromatic rings. The summed E-state index contributed by atoms with van der Waals surface area (Å²) in [7, 11) is -2.52. The molecule has 30 heavy (non-hydrogen) atoms. The summed E-state index contributed by atoms with van der Waals surface area (Å²) in [5, 5.41) is 3.17. The Morgan fingerprint density at radius 1 is 1.23 bits per heavy atom. The van der Waals surface area contributed by atoms with Crippen molar-refractivity contribution in [2.24, 2.45) is 0 Å². The monoisotopic (exact) mass is 449 g/mol.